The minimum absolute atomic E-state index is 0.0158. The second-order valence-electron chi connectivity index (χ2n) is 5.43. The molecule has 0 bridgehead atoms. The largest absolute Gasteiger partial charge is 0.697 e. The van der Waals surface area contributed by atoms with Gasteiger partial charge in [0.15, 0.2) is 23.9 Å². The third-order valence-corrected chi connectivity index (χ3v) is 5.10. The second-order valence-corrected chi connectivity index (χ2v) is 7.52. The summed E-state index contributed by atoms with van der Waals surface area (Å²) in [5.74, 6) is -0.304. The molecule has 0 radical (unpaired) electrons. The molecule has 0 saturated carbocycles. The highest BCUT2D eigenvalue weighted by Gasteiger charge is 2.26. The SMILES string of the molecule is O=C(CBr)OC(CCO[P+](=O)OCCC(OC(=O)CBr)c1ncn[nH]1)c1ncn[nH]1. The first-order valence-electron chi connectivity index (χ1n) is 8.48. The molecule has 2 aromatic rings. The van der Waals surface area contributed by atoms with E-state index in [1.165, 1.54) is 12.7 Å². The number of esters is 2. The molecule has 2 rings (SSSR count). The maximum Gasteiger partial charge on any atom is 0.697 e. The van der Waals surface area contributed by atoms with Crippen LogP contribution in [0.4, 0.5) is 0 Å². The summed E-state index contributed by atoms with van der Waals surface area (Å²) in [6, 6.07) is 0. The summed E-state index contributed by atoms with van der Waals surface area (Å²) in [6.45, 7) is -0.0551. The van der Waals surface area contributed by atoms with Gasteiger partial charge in [0.2, 0.25) is 0 Å². The van der Waals surface area contributed by atoms with Gasteiger partial charge >= 0.3 is 20.2 Å². The van der Waals surface area contributed by atoms with Crippen LogP contribution in [0.5, 0.6) is 0 Å². The van der Waals surface area contributed by atoms with Gasteiger partial charge < -0.3 is 9.47 Å². The summed E-state index contributed by atoms with van der Waals surface area (Å²) < 4.78 is 32.6. The van der Waals surface area contributed by atoms with Crippen LogP contribution in [-0.4, -0.2) is 66.2 Å². The van der Waals surface area contributed by atoms with E-state index in [9.17, 15) is 14.2 Å². The van der Waals surface area contributed by atoms with Gasteiger partial charge in [-0.15, -0.1) is 9.05 Å². The van der Waals surface area contributed by atoms with E-state index >= 15 is 0 Å². The van der Waals surface area contributed by atoms with Crippen LogP contribution in [0.25, 0.3) is 0 Å². The van der Waals surface area contributed by atoms with Gasteiger partial charge in [-0.3, -0.25) is 19.8 Å². The molecule has 0 saturated heterocycles. The zero-order chi connectivity index (χ0) is 21.8. The standard InChI is InChI=1S/C14H18Br2N6O7P/c15-5-11(23)28-9(13-17-7-19-21-13)1-3-26-30(25)27-4-2-10(29-12(24)6-16)14-18-8-20-22-14/h7-10H,1-6H2,(H,17,19,21)(H,18,20,22)/q+1. The average molecular weight is 573 g/mol. The molecule has 2 atom stereocenters. The van der Waals surface area contributed by atoms with Crippen LogP contribution >= 0.6 is 40.1 Å². The van der Waals surface area contributed by atoms with Crippen molar-refractivity contribution in [2.75, 3.05) is 23.9 Å². The Labute approximate surface area is 188 Å². The smallest absolute Gasteiger partial charge is 0.453 e. The van der Waals surface area contributed by atoms with E-state index in [1.807, 2.05) is 0 Å². The summed E-state index contributed by atoms with van der Waals surface area (Å²) in [4.78, 5) is 30.9. The zero-order valence-electron chi connectivity index (χ0n) is 15.4. The van der Waals surface area contributed by atoms with Gasteiger partial charge in [0.1, 0.15) is 36.5 Å². The number of H-pyrrole nitrogens is 2. The van der Waals surface area contributed by atoms with Crippen LogP contribution in [0.1, 0.15) is 36.7 Å². The van der Waals surface area contributed by atoms with Crippen molar-refractivity contribution in [2.24, 2.45) is 0 Å². The lowest BCUT2D eigenvalue weighted by Crippen LogP contribution is -2.15. The molecule has 0 spiro atoms. The molecular weight excluding hydrogens is 555 g/mol. The van der Waals surface area contributed by atoms with Gasteiger partial charge in [-0.1, -0.05) is 31.9 Å². The van der Waals surface area contributed by atoms with E-state index in [2.05, 4.69) is 62.2 Å². The molecular formula is C14H18Br2N6O7P+. The monoisotopic (exact) mass is 571 g/mol. The average Bonchev–Trinajstić information content (AvgIpc) is 3.46. The first-order valence-corrected chi connectivity index (χ1v) is 11.8. The maximum absolute atomic E-state index is 11.9. The number of nitrogens with zero attached hydrogens (tertiary/aromatic N) is 4. The number of hydrogen-bond acceptors (Lipinski definition) is 11. The molecule has 0 aliphatic rings. The van der Waals surface area contributed by atoms with Gasteiger partial charge in [-0.2, -0.15) is 10.2 Å². The summed E-state index contributed by atoms with van der Waals surface area (Å²) in [5.41, 5.74) is 0. The number of carbonyl (C=O) groups excluding carboxylic acids is 2. The topological polar surface area (TPSA) is 171 Å². The summed E-state index contributed by atoms with van der Waals surface area (Å²) in [5, 5.41) is 12.7. The molecule has 0 amide bonds. The second kappa shape index (κ2) is 13.5. The van der Waals surface area contributed by atoms with Gasteiger partial charge in [0.25, 0.3) is 0 Å². The van der Waals surface area contributed by atoms with E-state index in [0.29, 0.717) is 11.6 Å². The number of halogens is 2. The highest BCUT2D eigenvalue weighted by molar-refractivity contribution is 9.09. The third kappa shape index (κ3) is 8.52. The highest BCUT2D eigenvalue weighted by Crippen LogP contribution is 2.28. The lowest BCUT2D eigenvalue weighted by Gasteiger charge is -2.13. The summed E-state index contributed by atoms with van der Waals surface area (Å²) >= 11 is 6.02. The van der Waals surface area contributed by atoms with Crippen LogP contribution in [0.15, 0.2) is 12.7 Å². The molecule has 0 fully saturated rings. The maximum atomic E-state index is 11.9. The minimum Gasteiger partial charge on any atom is -0.453 e. The summed E-state index contributed by atoms with van der Waals surface area (Å²) in [7, 11) is -2.45. The Balaban J connectivity index is 1.75. The van der Waals surface area contributed by atoms with Crippen molar-refractivity contribution >= 4 is 52.1 Å². The van der Waals surface area contributed by atoms with Crippen LogP contribution in [-0.2, 0) is 32.7 Å². The van der Waals surface area contributed by atoms with Crippen molar-refractivity contribution in [1.29, 1.82) is 0 Å². The highest BCUT2D eigenvalue weighted by atomic mass is 79.9. The van der Waals surface area contributed by atoms with Crippen molar-refractivity contribution in [3.05, 3.63) is 24.3 Å². The molecule has 16 heteroatoms. The van der Waals surface area contributed by atoms with Gasteiger partial charge in [-0.05, 0) is 0 Å². The lowest BCUT2D eigenvalue weighted by atomic mass is 10.2. The van der Waals surface area contributed by atoms with Crippen LogP contribution in [0.3, 0.4) is 0 Å². The Hall–Kier alpha value is -1.80. The molecule has 0 aromatic carbocycles. The Morgan fingerprint density at radius 3 is 1.67 bits per heavy atom. The molecule has 13 nitrogen and oxygen atoms in total. The number of nitrogens with one attached hydrogen (secondary N) is 2. The van der Waals surface area contributed by atoms with Crippen molar-refractivity contribution in [1.82, 2.24) is 30.4 Å². The molecule has 2 unspecified atom stereocenters. The Bertz CT molecular complexity index is 731. The first kappa shape index (κ1) is 24.5. The molecule has 2 aromatic heterocycles. The van der Waals surface area contributed by atoms with Gasteiger partial charge in [0, 0.05) is 17.4 Å². The fraction of sp³-hybridized carbons (Fsp3) is 0.571. The summed E-state index contributed by atoms with van der Waals surface area (Å²) in [6.07, 6.45) is 1.45. The number of carbonyl (C=O) groups is 2. The molecule has 164 valence electrons. The van der Waals surface area contributed by atoms with Crippen LogP contribution < -0.4 is 0 Å². The number of hydrogen-bond donors (Lipinski definition) is 2. The van der Waals surface area contributed by atoms with Gasteiger partial charge in [-0.25, -0.2) is 9.97 Å². The van der Waals surface area contributed by atoms with E-state index in [1.54, 1.807) is 0 Å². The predicted molar refractivity (Wildman–Crippen MR) is 107 cm³/mol. The molecule has 0 aliphatic carbocycles. The number of alkyl halides is 2. The van der Waals surface area contributed by atoms with Crippen LogP contribution in [0.2, 0.25) is 0 Å². The fourth-order valence-corrected chi connectivity index (χ4v) is 2.98. The van der Waals surface area contributed by atoms with E-state index in [4.69, 9.17) is 18.5 Å². The predicted octanol–water partition coefficient (Wildman–Crippen LogP) is 2.05. The van der Waals surface area contributed by atoms with Crippen molar-refractivity contribution in [3.63, 3.8) is 0 Å². The number of aromatic amines is 2. The van der Waals surface area contributed by atoms with Gasteiger partial charge in [0.05, 0.1) is 0 Å². The molecule has 0 aliphatic heterocycles. The Morgan fingerprint density at radius 1 is 0.900 bits per heavy atom. The first-order chi connectivity index (χ1) is 14.5. The number of aromatic nitrogens is 6. The third-order valence-electron chi connectivity index (χ3n) is 3.40. The van der Waals surface area contributed by atoms with Crippen LogP contribution in [0, 0.1) is 0 Å². The van der Waals surface area contributed by atoms with E-state index < -0.39 is 32.4 Å². The van der Waals surface area contributed by atoms with Crippen molar-refractivity contribution in [2.45, 2.75) is 25.0 Å². The Kier molecular flexibility index (Phi) is 11.0. The molecule has 30 heavy (non-hydrogen) atoms. The normalized spacial score (nSPS) is 13.5. The number of ether oxygens (including phenoxy) is 2. The van der Waals surface area contributed by atoms with E-state index in [-0.39, 0.29) is 36.7 Å². The lowest BCUT2D eigenvalue weighted by molar-refractivity contribution is -0.147. The van der Waals surface area contributed by atoms with E-state index in [0.717, 1.165) is 0 Å². The number of rotatable bonds is 14. The molecule has 2 N–H and O–H groups in total. The fourth-order valence-electron chi connectivity index (χ4n) is 2.13. The quantitative estimate of drug-likeness (QED) is 0.193. The van der Waals surface area contributed by atoms with Crippen molar-refractivity contribution in [3.8, 4) is 0 Å². The minimum atomic E-state index is -2.45. The van der Waals surface area contributed by atoms with Crippen molar-refractivity contribution < 1.29 is 32.7 Å². The Morgan fingerprint density at radius 2 is 1.33 bits per heavy atom. The molecule has 2 heterocycles. The zero-order valence-corrected chi connectivity index (χ0v) is 19.5.